The van der Waals surface area contributed by atoms with Crippen LogP contribution in [0.4, 0.5) is 0 Å². The van der Waals surface area contributed by atoms with Crippen molar-refractivity contribution in [3.8, 4) is 17.0 Å². The number of aromatic amines is 1. The summed E-state index contributed by atoms with van der Waals surface area (Å²) in [5.74, 6) is 0.773. The van der Waals surface area contributed by atoms with Crippen LogP contribution in [0.5, 0.6) is 5.75 Å². The molecule has 3 aromatic rings. The maximum absolute atomic E-state index is 13.4. The van der Waals surface area contributed by atoms with Gasteiger partial charge in [-0.15, -0.1) is 0 Å². The van der Waals surface area contributed by atoms with Crippen LogP contribution in [0.15, 0.2) is 24.5 Å². The highest BCUT2D eigenvalue weighted by Crippen LogP contribution is 2.37. The topological polar surface area (TPSA) is 130 Å². The number of nitrogens with zero attached hydrogens (tertiary/aromatic N) is 3. The largest absolute Gasteiger partial charge is 0.493 e. The van der Waals surface area contributed by atoms with E-state index >= 15 is 0 Å². The molecule has 0 spiro atoms. The van der Waals surface area contributed by atoms with Crippen LogP contribution < -0.4 is 10.1 Å². The number of likely N-dealkylation sites (tertiary alicyclic amines) is 1. The van der Waals surface area contributed by atoms with E-state index in [9.17, 15) is 14.7 Å². The predicted octanol–water partition coefficient (Wildman–Crippen LogP) is 2.23. The van der Waals surface area contributed by atoms with Crippen molar-refractivity contribution in [1.29, 1.82) is 0 Å². The molecule has 3 N–H and O–H groups in total. The molecule has 2 atom stereocenters. The molecule has 2 fully saturated rings. The minimum Gasteiger partial charge on any atom is -0.493 e. The minimum absolute atomic E-state index is 0.0692. The molecule has 0 bridgehead atoms. The van der Waals surface area contributed by atoms with Gasteiger partial charge < -0.3 is 29.8 Å². The fourth-order valence-electron chi connectivity index (χ4n) is 4.79. The highest BCUT2D eigenvalue weighted by atomic mass is 16.5. The van der Waals surface area contributed by atoms with Gasteiger partial charge in [0.2, 0.25) is 5.91 Å². The fourth-order valence-corrected chi connectivity index (χ4v) is 4.79. The van der Waals surface area contributed by atoms with Gasteiger partial charge in [0.05, 0.1) is 29.8 Å². The van der Waals surface area contributed by atoms with Crippen molar-refractivity contribution < 1.29 is 24.2 Å². The molecule has 1 saturated carbocycles. The van der Waals surface area contributed by atoms with E-state index < -0.39 is 12.1 Å². The Balaban J connectivity index is 1.44. The Morgan fingerprint density at radius 1 is 1.24 bits per heavy atom. The Morgan fingerprint density at radius 2 is 2.05 bits per heavy atom. The summed E-state index contributed by atoms with van der Waals surface area (Å²) in [5, 5.41) is 13.4. The van der Waals surface area contributed by atoms with Crippen LogP contribution >= 0.6 is 0 Å². The highest BCUT2D eigenvalue weighted by Gasteiger charge is 2.36. The molecule has 2 aromatic heterocycles. The molecule has 10 heteroatoms. The fraction of sp³-hybridized carbons (Fsp3) is 0.481. The number of aryl methyl sites for hydroxylation is 2. The van der Waals surface area contributed by atoms with E-state index in [-0.39, 0.29) is 31.5 Å². The summed E-state index contributed by atoms with van der Waals surface area (Å²) in [6.07, 6.45) is 3.85. The van der Waals surface area contributed by atoms with Gasteiger partial charge in [-0.05, 0) is 49.8 Å². The van der Waals surface area contributed by atoms with E-state index in [2.05, 4.69) is 39.3 Å². The molecule has 5 rings (SSSR count). The number of aromatic nitrogens is 3. The van der Waals surface area contributed by atoms with Gasteiger partial charge in [0, 0.05) is 31.5 Å². The Bertz CT molecular complexity index is 1320. The maximum atomic E-state index is 13.4. The van der Waals surface area contributed by atoms with Crippen molar-refractivity contribution in [2.24, 2.45) is 5.92 Å². The lowest BCUT2D eigenvalue weighted by atomic mass is 10.0. The minimum atomic E-state index is -0.872. The van der Waals surface area contributed by atoms with Crippen molar-refractivity contribution in [2.45, 2.75) is 45.3 Å². The van der Waals surface area contributed by atoms with E-state index in [1.165, 1.54) is 31.2 Å². The lowest BCUT2D eigenvalue weighted by Gasteiger charge is -2.16. The number of hydrogen-bond acceptors (Lipinski definition) is 7. The first-order valence-electron chi connectivity index (χ1n) is 12.7. The van der Waals surface area contributed by atoms with Crippen LogP contribution in [0.1, 0.15) is 41.4 Å². The molecule has 1 saturated heterocycles. The third-order valence-electron chi connectivity index (χ3n) is 7.10. The number of carbonyl (C=O) groups is 2. The molecule has 1 aromatic carbocycles. The van der Waals surface area contributed by atoms with Crippen molar-refractivity contribution >= 4 is 22.8 Å². The average Bonchev–Trinajstić information content (AvgIpc) is 3.56. The van der Waals surface area contributed by atoms with Crippen LogP contribution in [-0.4, -0.2) is 82.3 Å². The number of aliphatic hydroxyl groups is 1. The summed E-state index contributed by atoms with van der Waals surface area (Å²) in [6, 6.07) is 5.55. The number of rotatable bonds is 9. The molecule has 37 heavy (non-hydrogen) atoms. The number of amides is 2. The van der Waals surface area contributed by atoms with Crippen LogP contribution in [0, 0.1) is 12.8 Å². The third kappa shape index (κ3) is 5.17. The van der Waals surface area contributed by atoms with Gasteiger partial charge in [-0.1, -0.05) is 13.0 Å². The number of H-pyrrole nitrogens is 1. The first-order chi connectivity index (χ1) is 17.9. The molecule has 10 nitrogen and oxygen atoms in total. The molecule has 0 unspecified atom stereocenters. The number of benzene rings is 1. The van der Waals surface area contributed by atoms with Gasteiger partial charge in [-0.25, -0.2) is 9.97 Å². The highest BCUT2D eigenvalue weighted by molar-refractivity contribution is 6.09. The van der Waals surface area contributed by atoms with Crippen molar-refractivity contribution in [3.63, 3.8) is 0 Å². The van der Waals surface area contributed by atoms with Crippen molar-refractivity contribution in [3.05, 3.63) is 41.3 Å². The number of aliphatic hydroxyl groups excluding tert-OH is 1. The summed E-state index contributed by atoms with van der Waals surface area (Å²) in [6.45, 7) is 4.87. The van der Waals surface area contributed by atoms with Crippen LogP contribution in [0.25, 0.3) is 22.3 Å². The summed E-state index contributed by atoms with van der Waals surface area (Å²) in [7, 11) is 1.44. The van der Waals surface area contributed by atoms with Crippen LogP contribution in [0.2, 0.25) is 0 Å². The SMILES string of the molecule is CCc1ccc(OCC2CC2)c(-c2ncnc3c(C(=O)N[C@@H]4CN(C(=O)COC)C[C@@H]4O)c(C)[nH]c23)c1. The number of β-amino-alcohol motifs (C(OH)–C–C–N with tert-alkyl or cyclic N) is 1. The van der Waals surface area contributed by atoms with Gasteiger partial charge in [0.1, 0.15) is 29.9 Å². The molecule has 2 amide bonds. The van der Waals surface area contributed by atoms with E-state index in [1.54, 1.807) is 0 Å². The first-order valence-corrected chi connectivity index (χ1v) is 12.7. The number of fused-ring (bicyclic) bond motifs is 1. The third-order valence-corrected chi connectivity index (χ3v) is 7.10. The summed E-state index contributed by atoms with van der Waals surface area (Å²) < 4.78 is 11.1. The second-order valence-electron chi connectivity index (χ2n) is 9.89. The zero-order chi connectivity index (χ0) is 26.1. The summed E-state index contributed by atoms with van der Waals surface area (Å²) in [5.41, 5.74) is 4.86. The van der Waals surface area contributed by atoms with Crippen molar-refractivity contribution in [1.82, 2.24) is 25.2 Å². The maximum Gasteiger partial charge on any atom is 0.255 e. The normalized spacial score (nSPS) is 19.4. The quantitative estimate of drug-likeness (QED) is 0.405. The van der Waals surface area contributed by atoms with Gasteiger partial charge >= 0.3 is 0 Å². The zero-order valence-electron chi connectivity index (χ0n) is 21.4. The number of ether oxygens (including phenoxy) is 2. The van der Waals surface area contributed by atoms with Crippen LogP contribution in [-0.2, 0) is 16.0 Å². The molecule has 1 aliphatic heterocycles. The molecule has 2 aliphatic rings. The molecule has 1 aliphatic carbocycles. The van der Waals surface area contributed by atoms with Gasteiger partial charge in [-0.2, -0.15) is 0 Å². The molecular formula is C27H33N5O5. The van der Waals surface area contributed by atoms with Gasteiger partial charge in [-0.3, -0.25) is 9.59 Å². The smallest absolute Gasteiger partial charge is 0.255 e. The summed E-state index contributed by atoms with van der Waals surface area (Å²) in [4.78, 5) is 39.4. The predicted molar refractivity (Wildman–Crippen MR) is 137 cm³/mol. The van der Waals surface area contributed by atoms with E-state index in [1.807, 2.05) is 13.0 Å². The Labute approximate surface area is 215 Å². The van der Waals surface area contributed by atoms with E-state index in [0.717, 1.165) is 23.3 Å². The zero-order valence-corrected chi connectivity index (χ0v) is 21.4. The monoisotopic (exact) mass is 507 g/mol. The number of methoxy groups -OCH3 is 1. The van der Waals surface area contributed by atoms with Gasteiger partial charge in [0.25, 0.3) is 5.91 Å². The summed E-state index contributed by atoms with van der Waals surface area (Å²) >= 11 is 0. The number of hydrogen-bond donors (Lipinski definition) is 3. The lowest BCUT2D eigenvalue weighted by Crippen LogP contribution is -2.43. The molecule has 196 valence electrons. The van der Waals surface area contributed by atoms with Crippen LogP contribution in [0.3, 0.4) is 0 Å². The second kappa shape index (κ2) is 10.5. The Morgan fingerprint density at radius 3 is 2.78 bits per heavy atom. The van der Waals surface area contributed by atoms with Crippen molar-refractivity contribution in [2.75, 3.05) is 33.4 Å². The van der Waals surface area contributed by atoms with Gasteiger partial charge in [0.15, 0.2) is 0 Å². The average molecular weight is 508 g/mol. The van der Waals surface area contributed by atoms with E-state index in [0.29, 0.717) is 40.5 Å². The number of nitrogens with one attached hydrogen (secondary N) is 2. The first kappa shape index (κ1) is 25.2. The lowest BCUT2D eigenvalue weighted by molar-refractivity contribution is -0.134. The molecular weight excluding hydrogens is 474 g/mol. The number of carbonyl (C=O) groups excluding carboxylic acids is 2. The Kier molecular flexibility index (Phi) is 7.12. The second-order valence-corrected chi connectivity index (χ2v) is 9.89. The van der Waals surface area contributed by atoms with E-state index in [4.69, 9.17) is 9.47 Å². The standard InChI is InChI=1S/C27H33N5O5/c1-4-16-7-8-21(37-12-17-5-6-17)18(9-16)24-26-25(29-14-28-24)23(15(2)30-26)27(35)31-19-10-32(11-20(19)33)22(34)13-36-3/h7-9,14,17,19-20,30,33H,4-6,10-13H2,1-3H3,(H,31,35)/t19-,20+/m1/s1. The molecule has 0 radical (unpaired) electrons. The Hall–Kier alpha value is -3.50. The molecule has 3 heterocycles.